The molecule has 7 nitrogen and oxygen atoms in total. The zero-order chi connectivity index (χ0) is 20.4. The summed E-state index contributed by atoms with van der Waals surface area (Å²) in [6.07, 6.45) is 2.30. The number of para-hydroxylation sites is 1. The van der Waals surface area contributed by atoms with Gasteiger partial charge in [-0.05, 0) is 30.2 Å². The molecule has 0 aliphatic rings. The van der Waals surface area contributed by atoms with E-state index >= 15 is 0 Å². The quantitative estimate of drug-likeness (QED) is 0.408. The summed E-state index contributed by atoms with van der Waals surface area (Å²) in [5, 5.41) is 3.73. The van der Waals surface area contributed by atoms with Crippen LogP contribution in [0, 0.1) is 0 Å². The maximum absolute atomic E-state index is 12.0. The minimum atomic E-state index is -0.581. The van der Waals surface area contributed by atoms with Gasteiger partial charge in [0.05, 0.1) is 11.3 Å². The number of amides is 1. The summed E-state index contributed by atoms with van der Waals surface area (Å²) in [4.78, 5) is 21.5. The van der Waals surface area contributed by atoms with Gasteiger partial charge in [-0.3, -0.25) is 4.79 Å². The Labute approximate surface area is 171 Å². The Kier molecular flexibility index (Phi) is 5.01. The lowest BCUT2D eigenvalue weighted by molar-refractivity contribution is 0.100. The molecule has 8 heteroatoms. The van der Waals surface area contributed by atoms with Crippen LogP contribution in [0.25, 0.3) is 10.3 Å². The second-order valence-electron chi connectivity index (χ2n) is 6.35. The molecule has 0 saturated heterocycles. The van der Waals surface area contributed by atoms with E-state index in [1.54, 1.807) is 24.3 Å². The van der Waals surface area contributed by atoms with Gasteiger partial charge in [0.1, 0.15) is 16.1 Å². The monoisotopic (exact) mass is 405 g/mol. The van der Waals surface area contributed by atoms with Crippen LogP contribution in [0.15, 0.2) is 54.7 Å². The number of rotatable bonds is 6. The number of ether oxygens (including phenoxy) is 1. The number of nitrogens with one attached hydrogen (secondary N) is 1. The van der Waals surface area contributed by atoms with Crippen molar-refractivity contribution in [3.8, 4) is 10.9 Å². The molecule has 0 aliphatic carbocycles. The van der Waals surface area contributed by atoms with Gasteiger partial charge in [-0.1, -0.05) is 42.5 Å². The number of nitrogens with zero attached hydrogens (tertiary/aromatic N) is 2. The number of pyridine rings is 1. The molecule has 1 amide bonds. The minimum absolute atomic E-state index is 0.268. The maximum Gasteiger partial charge on any atom is 0.281 e. The number of hydrogen-bond donors (Lipinski definition) is 3. The number of aryl methyl sites for hydroxylation is 1. The highest BCUT2D eigenvalue weighted by Gasteiger charge is 2.19. The standard InChI is InChI=1S/C21H19N5O2S/c1-2-12-6-3-4-9-16(12)25-17-15(19(23)27)11-24-20-18(17)26-21(29-20)28-14-8-5-7-13(22)10-14/h3-11H,2,22H2,1H3,(H2,23,27)(H,24,25). The van der Waals surface area contributed by atoms with Gasteiger partial charge in [0.25, 0.3) is 11.1 Å². The number of fused-ring (bicyclic) bond motifs is 1. The number of benzene rings is 2. The van der Waals surface area contributed by atoms with Crippen molar-refractivity contribution < 1.29 is 9.53 Å². The van der Waals surface area contributed by atoms with Crippen molar-refractivity contribution in [1.82, 2.24) is 9.97 Å². The summed E-state index contributed by atoms with van der Waals surface area (Å²) in [5.41, 5.74) is 15.3. The van der Waals surface area contributed by atoms with Gasteiger partial charge >= 0.3 is 0 Å². The molecular weight excluding hydrogens is 386 g/mol. The molecule has 0 bridgehead atoms. The first-order valence-electron chi connectivity index (χ1n) is 9.03. The van der Waals surface area contributed by atoms with Gasteiger partial charge in [0.15, 0.2) is 0 Å². The highest BCUT2D eigenvalue weighted by Crippen LogP contribution is 2.37. The Morgan fingerprint density at radius 3 is 2.79 bits per heavy atom. The molecular formula is C21H19N5O2S. The Morgan fingerprint density at radius 1 is 1.21 bits per heavy atom. The van der Waals surface area contributed by atoms with E-state index in [4.69, 9.17) is 16.2 Å². The first-order chi connectivity index (χ1) is 14.0. The van der Waals surface area contributed by atoms with E-state index in [1.807, 2.05) is 24.3 Å². The molecule has 0 atom stereocenters. The summed E-state index contributed by atoms with van der Waals surface area (Å²) < 4.78 is 5.84. The minimum Gasteiger partial charge on any atom is -0.431 e. The van der Waals surface area contributed by atoms with Gasteiger partial charge < -0.3 is 21.5 Å². The summed E-state index contributed by atoms with van der Waals surface area (Å²) in [6, 6.07) is 15.0. The molecule has 0 aliphatic heterocycles. The molecule has 2 heterocycles. The van der Waals surface area contributed by atoms with E-state index < -0.39 is 5.91 Å². The number of anilines is 3. The molecule has 5 N–H and O–H groups in total. The predicted molar refractivity (Wildman–Crippen MR) is 116 cm³/mol. The number of thiazole rings is 1. The second kappa shape index (κ2) is 7.76. The first-order valence-corrected chi connectivity index (χ1v) is 9.84. The van der Waals surface area contributed by atoms with Crippen LogP contribution in [0.3, 0.4) is 0 Å². The highest BCUT2D eigenvalue weighted by atomic mass is 32.1. The third kappa shape index (κ3) is 3.83. The molecule has 4 rings (SSSR count). The van der Waals surface area contributed by atoms with Crippen LogP contribution >= 0.6 is 11.3 Å². The Morgan fingerprint density at radius 2 is 2.03 bits per heavy atom. The fourth-order valence-electron chi connectivity index (χ4n) is 2.98. The third-order valence-corrected chi connectivity index (χ3v) is 5.23. The van der Waals surface area contributed by atoms with Crippen LogP contribution in [-0.4, -0.2) is 15.9 Å². The predicted octanol–water partition coefficient (Wildman–Crippen LogP) is 4.47. The summed E-state index contributed by atoms with van der Waals surface area (Å²) in [6.45, 7) is 2.07. The Balaban J connectivity index is 1.79. The Bertz CT molecular complexity index is 1200. The normalized spacial score (nSPS) is 10.8. The molecule has 0 fully saturated rings. The smallest absolute Gasteiger partial charge is 0.281 e. The average Bonchev–Trinajstić information content (AvgIpc) is 3.11. The number of nitrogens with two attached hydrogens (primary N) is 2. The van der Waals surface area contributed by atoms with E-state index in [1.165, 1.54) is 17.5 Å². The van der Waals surface area contributed by atoms with Gasteiger partial charge in [-0.2, -0.15) is 4.98 Å². The van der Waals surface area contributed by atoms with Crippen molar-refractivity contribution in [2.24, 2.45) is 5.73 Å². The number of carbonyl (C=O) groups is 1. The van der Waals surface area contributed by atoms with Crippen molar-refractivity contribution in [3.05, 3.63) is 65.9 Å². The van der Waals surface area contributed by atoms with Crippen LogP contribution in [0.1, 0.15) is 22.8 Å². The topological polar surface area (TPSA) is 116 Å². The lowest BCUT2D eigenvalue weighted by atomic mass is 10.1. The van der Waals surface area contributed by atoms with Gasteiger partial charge in [0, 0.05) is 23.6 Å². The number of aromatic nitrogens is 2. The van der Waals surface area contributed by atoms with Crippen LogP contribution in [-0.2, 0) is 6.42 Å². The molecule has 2 aromatic heterocycles. The number of carbonyl (C=O) groups excluding carboxylic acids is 1. The highest BCUT2D eigenvalue weighted by molar-refractivity contribution is 7.19. The fourth-order valence-corrected chi connectivity index (χ4v) is 3.77. The van der Waals surface area contributed by atoms with Crippen molar-refractivity contribution in [3.63, 3.8) is 0 Å². The zero-order valence-corrected chi connectivity index (χ0v) is 16.5. The average molecular weight is 405 g/mol. The molecule has 146 valence electrons. The molecule has 29 heavy (non-hydrogen) atoms. The maximum atomic E-state index is 12.0. The van der Waals surface area contributed by atoms with Crippen LogP contribution in [0.4, 0.5) is 17.1 Å². The molecule has 0 spiro atoms. The van der Waals surface area contributed by atoms with Crippen molar-refractivity contribution >= 4 is 44.7 Å². The van der Waals surface area contributed by atoms with Crippen LogP contribution in [0.2, 0.25) is 0 Å². The van der Waals surface area contributed by atoms with E-state index in [9.17, 15) is 4.79 Å². The lowest BCUT2D eigenvalue weighted by Crippen LogP contribution is -2.14. The van der Waals surface area contributed by atoms with E-state index in [-0.39, 0.29) is 5.56 Å². The van der Waals surface area contributed by atoms with Gasteiger partial charge in [-0.25, -0.2) is 4.98 Å². The fraction of sp³-hybridized carbons (Fsp3) is 0.0952. The lowest BCUT2D eigenvalue weighted by Gasteiger charge is -2.13. The van der Waals surface area contributed by atoms with E-state index in [0.29, 0.717) is 32.7 Å². The van der Waals surface area contributed by atoms with Gasteiger partial charge in [0.2, 0.25) is 0 Å². The number of nitrogen functional groups attached to an aromatic ring is 1. The second-order valence-corrected chi connectivity index (χ2v) is 7.29. The SMILES string of the molecule is CCc1ccccc1Nc1c(C(N)=O)cnc2sc(Oc3cccc(N)c3)nc12. The summed E-state index contributed by atoms with van der Waals surface area (Å²) in [5.74, 6) is -0.00722. The molecule has 0 unspecified atom stereocenters. The molecule has 0 saturated carbocycles. The number of primary amides is 1. The zero-order valence-electron chi connectivity index (χ0n) is 15.7. The van der Waals surface area contributed by atoms with Crippen LogP contribution < -0.4 is 21.5 Å². The molecule has 4 aromatic rings. The largest absolute Gasteiger partial charge is 0.431 e. The van der Waals surface area contributed by atoms with Crippen LogP contribution in [0.5, 0.6) is 10.9 Å². The number of hydrogen-bond acceptors (Lipinski definition) is 7. The van der Waals surface area contributed by atoms with Crippen molar-refractivity contribution in [2.75, 3.05) is 11.1 Å². The van der Waals surface area contributed by atoms with Crippen molar-refractivity contribution in [2.45, 2.75) is 13.3 Å². The van der Waals surface area contributed by atoms with E-state index in [2.05, 4.69) is 22.2 Å². The van der Waals surface area contributed by atoms with Crippen molar-refractivity contribution in [1.29, 1.82) is 0 Å². The Hall–Kier alpha value is -3.65. The first kappa shape index (κ1) is 18.7. The van der Waals surface area contributed by atoms with E-state index in [0.717, 1.165) is 17.7 Å². The summed E-state index contributed by atoms with van der Waals surface area (Å²) in [7, 11) is 0. The van der Waals surface area contributed by atoms with Gasteiger partial charge in [-0.15, -0.1) is 0 Å². The summed E-state index contributed by atoms with van der Waals surface area (Å²) >= 11 is 1.28. The molecule has 2 aromatic carbocycles. The molecule has 0 radical (unpaired) electrons. The third-order valence-electron chi connectivity index (χ3n) is 4.39.